The number of pyridine rings is 2. The number of rotatable bonds is 0. The van der Waals surface area contributed by atoms with E-state index in [1.807, 2.05) is 13.8 Å². The smallest absolute Gasteiger partial charge is 0.315 e. The first-order valence-electron chi connectivity index (χ1n) is 6.43. The molecule has 3 heterocycles. The van der Waals surface area contributed by atoms with Crippen molar-refractivity contribution in [2.45, 2.75) is 13.8 Å². The molecule has 3 aromatic heterocycles. The molecule has 0 amide bonds. The van der Waals surface area contributed by atoms with Gasteiger partial charge in [-0.2, -0.15) is 0 Å². The Bertz CT molecular complexity index is 928. The highest BCUT2D eigenvalue weighted by molar-refractivity contribution is 5.69. The highest BCUT2D eigenvalue weighted by Crippen LogP contribution is 2.10. The maximum absolute atomic E-state index is 10.9. The van der Waals surface area contributed by atoms with Crippen LogP contribution in [-0.4, -0.2) is 19.9 Å². The van der Waals surface area contributed by atoms with E-state index in [2.05, 4.69) is 19.9 Å². The van der Waals surface area contributed by atoms with Crippen LogP contribution in [0.25, 0.3) is 11.2 Å². The summed E-state index contributed by atoms with van der Waals surface area (Å²) in [6, 6.07) is 3.54. The highest BCUT2D eigenvalue weighted by atomic mass is 16.2. The average Bonchev–Trinajstić information content (AvgIpc) is 2.46. The van der Waals surface area contributed by atoms with Crippen LogP contribution in [0.3, 0.4) is 0 Å². The van der Waals surface area contributed by atoms with E-state index in [9.17, 15) is 9.59 Å². The van der Waals surface area contributed by atoms with Gasteiger partial charge in [0.2, 0.25) is 0 Å². The molecule has 0 bridgehead atoms. The fraction of sp³-hybridized carbons (Fsp3) is 0.143. The minimum Gasteiger partial charge on any atom is -0.396 e. The van der Waals surface area contributed by atoms with E-state index in [-0.39, 0.29) is 0 Å². The maximum atomic E-state index is 10.9. The summed E-state index contributed by atoms with van der Waals surface area (Å²) in [6.45, 7) is 3.78. The average molecular weight is 300 g/mol. The van der Waals surface area contributed by atoms with Crippen LogP contribution in [0.2, 0.25) is 0 Å². The molecule has 0 saturated heterocycles. The fourth-order valence-electron chi connectivity index (χ4n) is 1.71. The molecule has 0 atom stereocenters. The number of hydrogen-bond donors (Lipinski definition) is 4. The lowest BCUT2D eigenvalue weighted by molar-refractivity contribution is 1.11. The minimum absolute atomic E-state index is 0.398. The Morgan fingerprint density at radius 2 is 1.50 bits per heavy atom. The Hall–Kier alpha value is -3.16. The number of nitrogens with two attached hydrogens (primary N) is 2. The summed E-state index contributed by atoms with van der Waals surface area (Å²) < 4.78 is 0. The van der Waals surface area contributed by atoms with E-state index in [1.54, 1.807) is 24.5 Å². The van der Waals surface area contributed by atoms with E-state index in [0.717, 1.165) is 11.1 Å². The standard InChI is InChI=1S/C8H7N3O2.C6H9N3/c1-4-2-5-6(9-3-4)11-8(13)7(12)10-5;1-4-2-5(7)6(8)9-3-4/h2-3H,1H3,(H,10,12)(H,9,11,13);2-3H,7H2,1H3,(H2,8,9). The molecule has 0 unspecified atom stereocenters. The van der Waals surface area contributed by atoms with Crippen molar-refractivity contribution in [3.05, 3.63) is 56.4 Å². The van der Waals surface area contributed by atoms with E-state index in [4.69, 9.17) is 11.5 Å². The Balaban J connectivity index is 0.000000172. The summed E-state index contributed by atoms with van der Waals surface area (Å²) >= 11 is 0. The van der Waals surface area contributed by atoms with Gasteiger partial charge in [-0.1, -0.05) is 0 Å². The van der Waals surface area contributed by atoms with Gasteiger partial charge in [0.05, 0.1) is 11.2 Å². The molecule has 22 heavy (non-hydrogen) atoms. The molecule has 0 aliphatic heterocycles. The molecule has 8 heteroatoms. The molecule has 6 N–H and O–H groups in total. The number of nitrogens with one attached hydrogen (secondary N) is 2. The maximum Gasteiger partial charge on any atom is 0.315 e. The quantitative estimate of drug-likeness (QED) is 0.444. The molecule has 114 valence electrons. The molecule has 0 saturated carbocycles. The van der Waals surface area contributed by atoms with Crippen LogP contribution >= 0.6 is 0 Å². The number of fused-ring (bicyclic) bond motifs is 1. The third-order valence-corrected chi connectivity index (χ3v) is 2.80. The van der Waals surface area contributed by atoms with Crippen LogP contribution in [0.5, 0.6) is 0 Å². The Kier molecular flexibility index (Phi) is 4.21. The minimum atomic E-state index is -0.677. The number of nitrogens with zero attached hydrogens (tertiary/aromatic N) is 2. The molecule has 0 aromatic carbocycles. The van der Waals surface area contributed by atoms with Crippen LogP contribution in [0, 0.1) is 13.8 Å². The van der Waals surface area contributed by atoms with E-state index >= 15 is 0 Å². The molecule has 3 rings (SSSR count). The number of aromatic amines is 2. The molecule has 8 nitrogen and oxygen atoms in total. The van der Waals surface area contributed by atoms with Gasteiger partial charge in [-0.05, 0) is 37.1 Å². The first-order chi connectivity index (χ1) is 10.4. The van der Waals surface area contributed by atoms with Gasteiger partial charge in [-0.15, -0.1) is 0 Å². The Morgan fingerprint density at radius 1 is 0.909 bits per heavy atom. The number of hydrogen-bond acceptors (Lipinski definition) is 6. The fourth-order valence-corrected chi connectivity index (χ4v) is 1.71. The van der Waals surface area contributed by atoms with Gasteiger partial charge in [0.25, 0.3) is 0 Å². The number of anilines is 2. The van der Waals surface area contributed by atoms with Crippen molar-refractivity contribution < 1.29 is 0 Å². The lowest BCUT2D eigenvalue weighted by Gasteiger charge is -1.97. The van der Waals surface area contributed by atoms with E-state index in [0.29, 0.717) is 22.7 Å². The zero-order valence-corrected chi connectivity index (χ0v) is 12.2. The topological polar surface area (TPSA) is 144 Å². The second kappa shape index (κ2) is 6.08. The van der Waals surface area contributed by atoms with Gasteiger partial charge in [0.15, 0.2) is 5.65 Å². The largest absolute Gasteiger partial charge is 0.396 e. The van der Waals surface area contributed by atoms with Crippen molar-refractivity contribution in [2.75, 3.05) is 11.5 Å². The molecular weight excluding hydrogens is 284 g/mol. The molecule has 3 aromatic rings. The Morgan fingerprint density at radius 3 is 2.14 bits per heavy atom. The van der Waals surface area contributed by atoms with Crippen molar-refractivity contribution in [1.29, 1.82) is 0 Å². The van der Waals surface area contributed by atoms with Crippen LogP contribution in [0.1, 0.15) is 11.1 Å². The zero-order valence-electron chi connectivity index (χ0n) is 12.2. The van der Waals surface area contributed by atoms with Gasteiger partial charge in [-0.3, -0.25) is 9.59 Å². The summed E-state index contributed by atoms with van der Waals surface area (Å²) in [5.41, 5.74) is 12.9. The molecule has 0 aliphatic rings. The van der Waals surface area contributed by atoms with E-state index < -0.39 is 11.1 Å². The van der Waals surface area contributed by atoms with Crippen molar-refractivity contribution in [3.63, 3.8) is 0 Å². The van der Waals surface area contributed by atoms with Crippen molar-refractivity contribution >= 4 is 22.7 Å². The summed E-state index contributed by atoms with van der Waals surface area (Å²) in [4.78, 5) is 34.4. The first kappa shape index (κ1) is 15.2. The zero-order chi connectivity index (χ0) is 16.3. The van der Waals surface area contributed by atoms with Crippen molar-refractivity contribution in [3.8, 4) is 0 Å². The molecule has 0 radical (unpaired) electrons. The lowest BCUT2D eigenvalue weighted by atomic mass is 10.3. The summed E-state index contributed by atoms with van der Waals surface area (Å²) in [6.07, 6.45) is 3.31. The predicted molar refractivity (Wildman–Crippen MR) is 85.5 cm³/mol. The van der Waals surface area contributed by atoms with Gasteiger partial charge in [-0.25, -0.2) is 9.97 Å². The second-order valence-corrected chi connectivity index (χ2v) is 4.80. The second-order valence-electron chi connectivity index (χ2n) is 4.80. The first-order valence-corrected chi connectivity index (χ1v) is 6.43. The van der Waals surface area contributed by atoms with Crippen molar-refractivity contribution in [2.24, 2.45) is 0 Å². The third kappa shape index (κ3) is 3.48. The molecular formula is C14H16N6O2. The summed E-state index contributed by atoms with van der Waals surface area (Å²) in [5, 5.41) is 0. The Labute approximate surface area is 125 Å². The predicted octanol–water partition coefficient (Wildman–Crippen LogP) is 0.474. The van der Waals surface area contributed by atoms with Gasteiger partial charge >= 0.3 is 11.1 Å². The molecule has 0 aliphatic carbocycles. The summed E-state index contributed by atoms with van der Waals surface area (Å²) in [5.74, 6) is 0.403. The molecule has 0 fully saturated rings. The highest BCUT2D eigenvalue weighted by Gasteiger charge is 1.99. The number of H-pyrrole nitrogens is 2. The van der Waals surface area contributed by atoms with Gasteiger partial charge < -0.3 is 21.4 Å². The lowest BCUT2D eigenvalue weighted by Crippen LogP contribution is -2.29. The third-order valence-electron chi connectivity index (χ3n) is 2.80. The number of nitrogen functional groups attached to an aromatic ring is 2. The number of aryl methyl sites for hydroxylation is 2. The van der Waals surface area contributed by atoms with Crippen LogP contribution in [-0.2, 0) is 0 Å². The van der Waals surface area contributed by atoms with Gasteiger partial charge in [0.1, 0.15) is 5.82 Å². The molecule has 0 spiro atoms. The summed E-state index contributed by atoms with van der Waals surface area (Å²) in [7, 11) is 0. The van der Waals surface area contributed by atoms with Crippen LogP contribution < -0.4 is 22.6 Å². The monoisotopic (exact) mass is 300 g/mol. The number of aromatic nitrogens is 4. The van der Waals surface area contributed by atoms with Crippen LogP contribution in [0.4, 0.5) is 11.5 Å². The van der Waals surface area contributed by atoms with Crippen molar-refractivity contribution in [1.82, 2.24) is 19.9 Å². The van der Waals surface area contributed by atoms with Gasteiger partial charge in [0, 0.05) is 12.4 Å². The van der Waals surface area contributed by atoms with E-state index in [1.165, 1.54) is 0 Å². The normalized spacial score (nSPS) is 10.1. The van der Waals surface area contributed by atoms with Crippen LogP contribution in [0.15, 0.2) is 34.1 Å². The SMILES string of the molecule is Cc1cnc(N)c(N)c1.Cc1cnc2[nH]c(=O)c(=O)[nH]c2c1.